The maximum Gasteiger partial charge on any atom is 0.228 e. The Morgan fingerprint density at radius 1 is 1.16 bits per heavy atom. The number of fused-ring (bicyclic) bond motifs is 1. The van der Waals surface area contributed by atoms with Crippen molar-refractivity contribution in [3.05, 3.63) is 58.7 Å². The quantitative estimate of drug-likeness (QED) is 0.525. The maximum atomic E-state index is 11.9. The first-order chi connectivity index (χ1) is 15.4. The second-order valence-corrected chi connectivity index (χ2v) is 8.87. The van der Waals surface area contributed by atoms with Crippen molar-refractivity contribution < 1.29 is 19.4 Å². The molecule has 0 amide bonds. The molecule has 0 spiro atoms. The average molecular weight is 477 g/mol. The Labute approximate surface area is 197 Å². The van der Waals surface area contributed by atoms with Gasteiger partial charge in [-0.3, -0.25) is 9.36 Å². The Hall–Kier alpha value is -2.25. The number of benzene rings is 2. The first-order valence-corrected chi connectivity index (χ1v) is 11.4. The van der Waals surface area contributed by atoms with E-state index in [-0.39, 0.29) is 18.6 Å². The molecule has 1 aromatic heterocycles. The Kier molecular flexibility index (Phi) is 7.26. The van der Waals surface area contributed by atoms with Crippen LogP contribution in [0.4, 0.5) is 0 Å². The highest BCUT2D eigenvalue weighted by Crippen LogP contribution is 2.29. The normalized spacial score (nSPS) is 16.2. The molecule has 1 atom stereocenters. The standard InChI is InChI=1S/C24H26Cl2N2O4/c1-16(29)28-12-7-17-3-2-4-23(24(17)28)31-15-18(30)14-27-10-8-19(9-11-27)32-20-5-6-21(25)22(26)13-20/h2-7,12-13,18-19,30H,8-11,14-15H2,1H3. The third kappa shape index (κ3) is 5.38. The molecule has 0 aliphatic carbocycles. The van der Waals surface area contributed by atoms with Gasteiger partial charge in [0, 0.05) is 44.2 Å². The monoisotopic (exact) mass is 476 g/mol. The van der Waals surface area contributed by atoms with E-state index >= 15 is 0 Å². The van der Waals surface area contributed by atoms with Gasteiger partial charge in [-0.05, 0) is 37.1 Å². The van der Waals surface area contributed by atoms with Gasteiger partial charge < -0.3 is 19.5 Å². The summed E-state index contributed by atoms with van der Waals surface area (Å²) in [5, 5.41) is 12.4. The molecule has 8 heteroatoms. The van der Waals surface area contributed by atoms with E-state index in [0.29, 0.717) is 22.3 Å². The summed E-state index contributed by atoms with van der Waals surface area (Å²) in [5.74, 6) is 1.23. The summed E-state index contributed by atoms with van der Waals surface area (Å²) in [6.45, 7) is 3.84. The average Bonchev–Trinajstić information content (AvgIpc) is 3.21. The molecular weight excluding hydrogens is 451 g/mol. The fourth-order valence-electron chi connectivity index (χ4n) is 4.03. The van der Waals surface area contributed by atoms with Crippen LogP contribution in [0.15, 0.2) is 48.7 Å². The minimum atomic E-state index is -0.640. The van der Waals surface area contributed by atoms with Crippen LogP contribution in [0.2, 0.25) is 10.0 Å². The molecule has 0 radical (unpaired) electrons. The lowest BCUT2D eigenvalue weighted by atomic mass is 10.1. The van der Waals surface area contributed by atoms with E-state index in [1.165, 1.54) is 6.92 Å². The second kappa shape index (κ2) is 10.1. The van der Waals surface area contributed by atoms with Crippen LogP contribution >= 0.6 is 23.2 Å². The van der Waals surface area contributed by atoms with Crippen molar-refractivity contribution in [1.82, 2.24) is 9.47 Å². The molecule has 3 aromatic rings. The van der Waals surface area contributed by atoms with Gasteiger partial charge in [0.05, 0.1) is 15.6 Å². The van der Waals surface area contributed by atoms with E-state index in [9.17, 15) is 9.90 Å². The Balaban J connectivity index is 1.26. The maximum absolute atomic E-state index is 11.9. The second-order valence-electron chi connectivity index (χ2n) is 8.06. The smallest absolute Gasteiger partial charge is 0.228 e. The molecule has 6 nitrogen and oxygen atoms in total. The number of carbonyl (C=O) groups excluding carboxylic acids is 1. The van der Waals surface area contributed by atoms with Crippen LogP contribution in [0.5, 0.6) is 11.5 Å². The van der Waals surface area contributed by atoms with Crippen molar-refractivity contribution in [1.29, 1.82) is 0 Å². The molecule has 1 unspecified atom stereocenters. The fourth-order valence-corrected chi connectivity index (χ4v) is 4.32. The molecule has 2 aromatic carbocycles. The van der Waals surface area contributed by atoms with Crippen molar-refractivity contribution in [3.8, 4) is 11.5 Å². The molecule has 2 heterocycles. The zero-order chi connectivity index (χ0) is 22.7. The topological polar surface area (TPSA) is 63.9 Å². The van der Waals surface area contributed by atoms with E-state index in [2.05, 4.69) is 4.90 Å². The number of para-hydroxylation sites is 1. The predicted molar refractivity (Wildman–Crippen MR) is 126 cm³/mol. The molecule has 0 bridgehead atoms. The molecule has 4 rings (SSSR count). The van der Waals surface area contributed by atoms with Crippen molar-refractivity contribution in [2.24, 2.45) is 0 Å². The summed E-state index contributed by atoms with van der Waals surface area (Å²) in [6, 6.07) is 12.8. The summed E-state index contributed by atoms with van der Waals surface area (Å²) in [6.07, 6.45) is 2.92. The molecule has 1 fully saturated rings. The van der Waals surface area contributed by atoms with Crippen LogP contribution in [-0.4, -0.2) is 58.9 Å². The van der Waals surface area contributed by atoms with Gasteiger partial charge in [0.25, 0.3) is 0 Å². The number of aliphatic hydroxyl groups is 1. The molecule has 32 heavy (non-hydrogen) atoms. The zero-order valence-electron chi connectivity index (χ0n) is 17.8. The number of hydrogen-bond donors (Lipinski definition) is 1. The van der Waals surface area contributed by atoms with E-state index in [4.69, 9.17) is 32.7 Å². The third-order valence-corrected chi connectivity index (χ3v) is 6.38. The van der Waals surface area contributed by atoms with Crippen LogP contribution in [0.3, 0.4) is 0 Å². The molecule has 0 saturated carbocycles. The highest BCUT2D eigenvalue weighted by Gasteiger charge is 2.23. The van der Waals surface area contributed by atoms with Crippen LogP contribution < -0.4 is 9.47 Å². The SMILES string of the molecule is CC(=O)n1ccc2cccc(OCC(O)CN3CCC(Oc4ccc(Cl)c(Cl)c4)CC3)c21. The van der Waals surface area contributed by atoms with Crippen LogP contribution in [-0.2, 0) is 0 Å². The molecule has 1 aliphatic heterocycles. The first kappa shape index (κ1) is 22.9. The highest BCUT2D eigenvalue weighted by molar-refractivity contribution is 6.42. The first-order valence-electron chi connectivity index (χ1n) is 10.7. The van der Waals surface area contributed by atoms with Gasteiger partial charge in [-0.2, -0.15) is 0 Å². The number of ether oxygens (including phenoxy) is 2. The Morgan fingerprint density at radius 3 is 2.66 bits per heavy atom. The van der Waals surface area contributed by atoms with E-state index in [1.54, 1.807) is 22.9 Å². The van der Waals surface area contributed by atoms with Gasteiger partial charge in [-0.15, -0.1) is 0 Å². The Bertz CT molecular complexity index is 1090. The molecule has 1 aliphatic rings. The summed E-state index contributed by atoms with van der Waals surface area (Å²) < 4.78 is 13.5. The van der Waals surface area contributed by atoms with Gasteiger partial charge in [-0.1, -0.05) is 35.3 Å². The lowest BCUT2D eigenvalue weighted by Gasteiger charge is -2.33. The van der Waals surface area contributed by atoms with Gasteiger partial charge in [-0.25, -0.2) is 0 Å². The number of likely N-dealkylation sites (tertiary alicyclic amines) is 1. The minimum Gasteiger partial charge on any atom is -0.490 e. The van der Waals surface area contributed by atoms with E-state index in [1.807, 2.05) is 30.3 Å². The number of β-amino-alcohol motifs (C(OH)–C–C–N with tert-alkyl or cyclic N) is 1. The number of halogens is 2. The molecular formula is C24H26Cl2N2O4. The third-order valence-electron chi connectivity index (χ3n) is 5.64. The van der Waals surface area contributed by atoms with Crippen molar-refractivity contribution in [3.63, 3.8) is 0 Å². The number of hydrogen-bond acceptors (Lipinski definition) is 5. The van der Waals surface area contributed by atoms with Gasteiger partial charge in [0.15, 0.2) is 0 Å². The van der Waals surface area contributed by atoms with Gasteiger partial charge in [0.1, 0.15) is 30.3 Å². The fraction of sp³-hybridized carbons (Fsp3) is 0.375. The van der Waals surface area contributed by atoms with Crippen LogP contribution in [0, 0.1) is 0 Å². The number of aliphatic hydroxyl groups excluding tert-OH is 1. The number of aromatic nitrogens is 1. The van der Waals surface area contributed by atoms with Gasteiger partial charge >= 0.3 is 0 Å². The molecule has 170 valence electrons. The summed E-state index contributed by atoms with van der Waals surface area (Å²) in [7, 11) is 0. The van der Waals surface area contributed by atoms with Crippen molar-refractivity contribution in [2.45, 2.75) is 32.0 Å². The number of carbonyl (C=O) groups is 1. The Morgan fingerprint density at radius 2 is 1.94 bits per heavy atom. The number of piperidine rings is 1. The molecule has 1 saturated heterocycles. The summed E-state index contributed by atoms with van der Waals surface area (Å²) in [4.78, 5) is 14.1. The summed E-state index contributed by atoms with van der Waals surface area (Å²) in [5.41, 5.74) is 0.729. The van der Waals surface area contributed by atoms with Crippen LogP contribution in [0.25, 0.3) is 10.9 Å². The lowest BCUT2D eigenvalue weighted by Crippen LogP contribution is -2.43. The van der Waals surface area contributed by atoms with E-state index < -0.39 is 6.10 Å². The predicted octanol–water partition coefficient (Wildman–Crippen LogP) is 4.89. The summed E-state index contributed by atoms with van der Waals surface area (Å²) >= 11 is 12.0. The van der Waals surface area contributed by atoms with E-state index in [0.717, 1.165) is 42.6 Å². The minimum absolute atomic E-state index is 0.0810. The highest BCUT2D eigenvalue weighted by atomic mass is 35.5. The lowest BCUT2D eigenvalue weighted by molar-refractivity contribution is 0.0404. The van der Waals surface area contributed by atoms with Crippen LogP contribution in [0.1, 0.15) is 24.6 Å². The number of nitrogens with zero attached hydrogens (tertiary/aromatic N) is 2. The number of rotatable bonds is 7. The largest absolute Gasteiger partial charge is 0.490 e. The van der Waals surface area contributed by atoms with Gasteiger partial charge in [0.2, 0.25) is 5.91 Å². The van der Waals surface area contributed by atoms with Crippen molar-refractivity contribution in [2.75, 3.05) is 26.2 Å². The molecule has 1 N–H and O–H groups in total. The van der Waals surface area contributed by atoms with Crippen molar-refractivity contribution >= 4 is 40.0 Å². The zero-order valence-corrected chi connectivity index (χ0v) is 19.4.